The molecule has 2 atom stereocenters. The van der Waals surface area contributed by atoms with E-state index in [0.717, 1.165) is 29.5 Å². The number of thiophene rings is 1. The summed E-state index contributed by atoms with van der Waals surface area (Å²) in [6.45, 7) is 4.12. The van der Waals surface area contributed by atoms with Gasteiger partial charge in [0.05, 0.1) is 5.25 Å². The number of hydrogen-bond acceptors (Lipinski definition) is 5. The second-order valence-corrected chi connectivity index (χ2v) is 10.2. The second kappa shape index (κ2) is 7.61. The molecule has 0 bridgehead atoms. The van der Waals surface area contributed by atoms with E-state index in [1.54, 1.807) is 23.1 Å². The molecule has 1 fully saturated rings. The lowest BCUT2D eigenvalue weighted by molar-refractivity contribution is -0.118. The molecule has 0 saturated heterocycles. The van der Waals surface area contributed by atoms with Crippen molar-refractivity contribution in [3.8, 4) is 0 Å². The molecule has 0 N–H and O–H groups in total. The van der Waals surface area contributed by atoms with Crippen molar-refractivity contribution in [3.63, 3.8) is 0 Å². The van der Waals surface area contributed by atoms with Gasteiger partial charge in [0.2, 0.25) is 5.91 Å². The zero-order chi connectivity index (χ0) is 20.0. The molecule has 1 aliphatic carbocycles. The van der Waals surface area contributed by atoms with Crippen LogP contribution >= 0.6 is 23.1 Å². The first kappa shape index (κ1) is 18.9. The molecule has 1 amide bonds. The van der Waals surface area contributed by atoms with Gasteiger partial charge in [0.1, 0.15) is 5.82 Å². The number of benzene rings is 1. The average Bonchev–Trinajstić information content (AvgIpc) is 3.11. The van der Waals surface area contributed by atoms with Gasteiger partial charge in [-0.3, -0.25) is 4.79 Å². The highest BCUT2D eigenvalue weighted by molar-refractivity contribution is 8.00. The average molecular weight is 425 g/mol. The van der Waals surface area contributed by atoms with E-state index in [9.17, 15) is 4.79 Å². The first-order chi connectivity index (χ1) is 14.1. The number of aromatic nitrogens is 3. The summed E-state index contributed by atoms with van der Waals surface area (Å²) in [5.74, 6) is 1.16. The van der Waals surface area contributed by atoms with Crippen LogP contribution in [0.3, 0.4) is 0 Å². The number of fused-ring (bicyclic) bond motifs is 1. The number of para-hydroxylation sites is 1. The van der Waals surface area contributed by atoms with Crippen molar-refractivity contribution in [2.75, 3.05) is 4.90 Å². The minimum atomic E-state index is -0.208. The highest BCUT2D eigenvalue weighted by Gasteiger charge is 2.35. The van der Waals surface area contributed by atoms with Crippen molar-refractivity contribution in [2.24, 2.45) is 0 Å². The number of nitrogens with zero attached hydrogens (tertiary/aromatic N) is 4. The number of thioether (sulfide) groups is 1. The van der Waals surface area contributed by atoms with Crippen LogP contribution in [0.5, 0.6) is 0 Å². The third-order valence-corrected chi connectivity index (χ3v) is 7.55. The molecular weight excluding hydrogens is 400 g/mol. The van der Waals surface area contributed by atoms with Gasteiger partial charge in [-0.1, -0.05) is 36.0 Å². The van der Waals surface area contributed by atoms with Crippen LogP contribution in [-0.2, 0) is 17.6 Å². The Bertz CT molecular complexity index is 1030. The third-order valence-electron chi connectivity index (χ3n) is 5.63. The molecule has 7 heteroatoms. The predicted octanol–water partition coefficient (Wildman–Crippen LogP) is 4.72. The number of carbonyl (C=O) groups is 1. The molecule has 2 unspecified atom stereocenters. The number of hydrogen-bond donors (Lipinski definition) is 0. The molecule has 1 aromatic carbocycles. The molecule has 2 aliphatic rings. The molecule has 150 valence electrons. The topological polar surface area (TPSA) is 51.0 Å². The summed E-state index contributed by atoms with van der Waals surface area (Å²) in [6, 6.07) is 13.1. The fraction of sp³-hybridized carbons (Fsp3) is 0.409. The van der Waals surface area contributed by atoms with Crippen LogP contribution in [0.25, 0.3) is 0 Å². The largest absolute Gasteiger partial charge is 0.308 e. The van der Waals surface area contributed by atoms with Crippen LogP contribution in [0.4, 0.5) is 5.69 Å². The maximum Gasteiger partial charge on any atom is 0.240 e. The molecule has 1 saturated carbocycles. The molecule has 3 aromatic rings. The Morgan fingerprint density at radius 3 is 2.83 bits per heavy atom. The zero-order valence-electron chi connectivity index (χ0n) is 16.6. The minimum Gasteiger partial charge on any atom is -0.308 e. The molecule has 29 heavy (non-hydrogen) atoms. The van der Waals surface area contributed by atoms with E-state index in [2.05, 4.69) is 51.3 Å². The van der Waals surface area contributed by atoms with Crippen molar-refractivity contribution in [1.29, 1.82) is 0 Å². The fourth-order valence-corrected chi connectivity index (χ4v) is 5.77. The molecule has 3 heterocycles. The van der Waals surface area contributed by atoms with Gasteiger partial charge < -0.3 is 9.47 Å². The maximum atomic E-state index is 13.3. The smallest absolute Gasteiger partial charge is 0.240 e. The molecule has 2 aromatic heterocycles. The standard InChI is InChI=1S/C22H24N4OS2/c1-14-12-16-6-3-4-8-19(16)25(14)21(27)15(2)29-22-24-23-20(26(22)17-9-10-17)13-18-7-5-11-28-18/h3-8,11,14-15,17H,9-10,12-13H2,1-2H3. The quantitative estimate of drug-likeness (QED) is 0.537. The van der Waals surface area contributed by atoms with Crippen LogP contribution in [0.1, 0.15) is 49.0 Å². The number of amides is 1. The molecule has 5 rings (SSSR count). The molecule has 0 spiro atoms. The summed E-state index contributed by atoms with van der Waals surface area (Å²) >= 11 is 3.29. The lowest BCUT2D eigenvalue weighted by atomic mass is 10.1. The fourth-order valence-electron chi connectivity index (χ4n) is 4.08. The van der Waals surface area contributed by atoms with Crippen molar-refractivity contribution < 1.29 is 4.79 Å². The Balaban J connectivity index is 1.36. The predicted molar refractivity (Wildman–Crippen MR) is 118 cm³/mol. The number of carbonyl (C=O) groups excluding carboxylic acids is 1. The Morgan fingerprint density at radius 2 is 2.07 bits per heavy atom. The van der Waals surface area contributed by atoms with Gasteiger partial charge in [-0.25, -0.2) is 0 Å². The first-order valence-corrected chi connectivity index (χ1v) is 11.9. The van der Waals surface area contributed by atoms with E-state index in [1.165, 1.54) is 23.3 Å². The van der Waals surface area contributed by atoms with E-state index in [1.807, 2.05) is 24.0 Å². The van der Waals surface area contributed by atoms with Crippen LogP contribution in [0.2, 0.25) is 0 Å². The van der Waals surface area contributed by atoms with Gasteiger partial charge in [0, 0.05) is 29.1 Å². The third kappa shape index (κ3) is 3.62. The van der Waals surface area contributed by atoms with Gasteiger partial charge in [0.15, 0.2) is 5.16 Å². The van der Waals surface area contributed by atoms with Gasteiger partial charge in [-0.2, -0.15) is 0 Å². The van der Waals surface area contributed by atoms with Crippen LogP contribution in [0, 0.1) is 0 Å². The molecular formula is C22H24N4OS2. The van der Waals surface area contributed by atoms with E-state index >= 15 is 0 Å². The minimum absolute atomic E-state index is 0.151. The Kier molecular flexibility index (Phi) is 4.95. The number of anilines is 1. The lowest BCUT2D eigenvalue weighted by Crippen LogP contribution is -2.40. The summed E-state index contributed by atoms with van der Waals surface area (Å²) in [4.78, 5) is 16.6. The Hall–Kier alpha value is -2.12. The van der Waals surface area contributed by atoms with Gasteiger partial charge >= 0.3 is 0 Å². The van der Waals surface area contributed by atoms with Crippen LogP contribution in [-0.4, -0.2) is 32.0 Å². The Labute approximate surface area is 179 Å². The van der Waals surface area contributed by atoms with Crippen LogP contribution < -0.4 is 4.90 Å². The van der Waals surface area contributed by atoms with E-state index < -0.39 is 0 Å². The van der Waals surface area contributed by atoms with E-state index in [-0.39, 0.29) is 17.2 Å². The van der Waals surface area contributed by atoms with Crippen molar-refractivity contribution >= 4 is 34.7 Å². The highest BCUT2D eigenvalue weighted by Crippen LogP contribution is 2.41. The monoisotopic (exact) mass is 424 g/mol. The first-order valence-electron chi connectivity index (χ1n) is 10.2. The normalized spacial score (nSPS) is 19.4. The highest BCUT2D eigenvalue weighted by atomic mass is 32.2. The summed E-state index contributed by atoms with van der Waals surface area (Å²) in [5.41, 5.74) is 2.31. The van der Waals surface area contributed by atoms with Crippen molar-refractivity contribution in [3.05, 3.63) is 58.0 Å². The summed E-state index contributed by atoms with van der Waals surface area (Å²) in [7, 11) is 0. The van der Waals surface area contributed by atoms with E-state index in [0.29, 0.717) is 6.04 Å². The molecule has 0 radical (unpaired) electrons. The summed E-state index contributed by atoms with van der Waals surface area (Å²) in [6.07, 6.45) is 4.06. The van der Waals surface area contributed by atoms with Gasteiger partial charge in [-0.15, -0.1) is 21.5 Å². The number of rotatable bonds is 6. The van der Waals surface area contributed by atoms with E-state index in [4.69, 9.17) is 0 Å². The van der Waals surface area contributed by atoms with Crippen molar-refractivity contribution in [2.45, 2.75) is 62.0 Å². The Morgan fingerprint density at radius 1 is 1.24 bits per heavy atom. The summed E-state index contributed by atoms with van der Waals surface area (Å²) < 4.78 is 2.27. The van der Waals surface area contributed by atoms with Crippen molar-refractivity contribution in [1.82, 2.24) is 14.8 Å². The maximum absolute atomic E-state index is 13.3. The van der Waals surface area contributed by atoms with Gasteiger partial charge in [-0.05, 0) is 56.2 Å². The summed E-state index contributed by atoms with van der Waals surface area (Å²) in [5, 5.41) is 11.7. The van der Waals surface area contributed by atoms with Gasteiger partial charge in [0.25, 0.3) is 0 Å². The zero-order valence-corrected chi connectivity index (χ0v) is 18.2. The lowest BCUT2D eigenvalue weighted by Gasteiger charge is -2.25. The molecule has 1 aliphatic heterocycles. The second-order valence-electron chi connectivity index (χ2n) is 7.91. The molecule has 5 nitrogen and oxygen atoms in total. The van der Waals surface area contributed by atoms with Crippen LogP contribution in [0.15, 0.2) is 46.9 Å². The SMILES string of the molecule is CC(Sc1nnc(Cc2cccs2)n1C1CC1)C(=O)N1c2ccccc2CC1C.